The average Bonchev–Trinajstić information content (AvgIpc) is 2.68. The maximum absolute atomic E-state index is 12.6. The van der Waals surface area contributed by atoms with Crippen LogP contribution in [0.15, 0.2) is 36.7 Å². The number of rotatable bonds is 5. The number of likely N-dealkylation sites (tertiary alicyclic amines) is 1. The third-order valence-electron chi connectivity index (χ3n) is 4.61. The van der Waals surface area contributed by atoms with E-state index in [-0.39, 0.29) is 11.8 Å². The zero-order chi connectivity index (χ0) is 19.4. The van der Waals surface area contributed by atoms with E-state index in [1.807, 2.05) is 29.2 Å². The van der Waals surface area contributed by atoms with Crippen molar-refractivity contribution in [2.45, 2.75) is 38.1 Å². The van der Waals surface area contributed by atoms with Gasteiger partial charge in [-0.05, 0) is 51.0 Å². The SMILES string of the molecule is COc1ccc(Oc2nccnc2[C@@H]2CCCN(C(=O)C(C)(C)N)C2)cc1. The molecule has 144 valence electrons. The van der Waals surface area contributed by atoms with Gasteiger partial charge in [0.15, 0.2) is 0 Å². The zero-order valence-electron chi connectivity index (χ0n) is 16.0. The number of hydrogen-bond acceptors (Lipinski definition) is 6. The van der Waals surface area contributed by atoms with Crippen LogP contribution in [0.25, 0.3) is 0 Å². The molecule has 27 heavy (non-hydrogen) atoms. The number of benzene rings is 1. The Morgan fingerprint density at radius 2 is 1.85 bits per heavy atom. The highest BCUT2D eigenvalue weighted by atomic mass is 16.5. The van der Waals surface area contributed by atoms with Gasteiger partial charge in [0.05, 0.1) is 12.6 Å². The normalized spacial score (nSPS) is 17.5. The van der Waals surface area contributed by atoms with Crippen LogP contribution in [0.3, 0.4) is 0 Å². The highest BCUT2D eigenvalue weighted by Crippen LogP contribution is 2.33. The van der Waals surface area contributed by atoms with Gasteiger partial charge < -0.3 is 20.1 Å². The number of ether oxygens (including phenoxy) is 2. The van der Waals surface area contributed by atoms with E-state index in [4.69, 9.17) is 15.2 Å². The van der Waals surface area contributed by atoms with Crippen LogP contribution in [-0.2, 0) is 4.79 Å². The van der Waals surface area contributed by atoms with Gasteiger partial charge in [0, 0.05) is 31.4 Å². The Morgan fingerprint density at radius 3 is 2.52 bits per heavy atom. The molecule has 1 aliphatic rings. The van der Waals surface area contributed by atoms with Gasteiger partial charge in [-0.2, -0.15) is 0 Å². The number of nitrogens with zero attached hydrogens (tertiary/aromatic N) is 3. The lowest BCUT2D eigenvalue weighted by Crippen LogP contribution is -2.53. The predicted molar refractivity (Wildman–Crippen MR) is 102 cm³/mol. The first-order valence-corrected chi connectivity index (χ1v) is 9.09. The predicted octanol–water partition coefficient (Wildman–Crippen LogP) is 2.72. The molecule has 0 aliphatic carbocycles. The van der Waals surface area contributed by atoms with Gasteiger partial charge in [-0.25, -0.2) is 4.98 Å². The first-order valence-electron chi connectivity index (χ1n) is 9.09. The maximum Gasteiger partial charge on any atom is 0.242 e. The highest BCUT2D eigenvalue weighted by Gasteiger charge is 2.33. The summed E-state index contributed by atoms with van der Waals surface area (Å²) < 4.78 is 11.1. The monoisotopic (exact) mass is 370 g/mol. The lowest BCUT2D eigenvalue weighted by molar-refractivity contribution is -0.137. The quantitative estimate of drug-likeness (QED) is 0.870. The molecule has 3 rings (SSSR count). The summed E-state index contributed by atoms with van der Waals surface area (Å²) >= 11 is 0. The van der Waals surface area contributed by atoms with Gasteiger partial charge >= 0.3 is 0 Å². The van der Waals surface area contributed by atoms with Crippen LogP contribution in [-0.4, -0.2) is 46.5 Å². The molecular formula is C20H26N4O3. The molecule has 0 unspecified atom stereocenters. The molecule has 0 spiro atoms. The number of carbonyl (C=O) groups excluding carboxylic acids is 1. The van der Waals surface area contributed by atoms with E-state index < -0.39 is 5.54 Å². The topological polar surface area (TPSA) is 90.6 Å². The molecule has 2 aromatic rings. The van der Waals surface area contributed by atoms with Crippen LogP contribution in [0.5, 0.6) is 17.4 Å². The van der Waals surface area contributed by atoms with Gasteiger partial charge in [0.25, 0.3) is 0 Å². The van der Waals surface area contributed by atoms with Crippen molar-refractivity contribution in [1.82, 2.24) is 14.9 Å². The second-order valence-electron chi connectivity index (χ2n) is 7.34. The summed E-state index contributed by atoms with van der Waals surface area (Å²) in [6.45, 7) is 4.75. The molecule has 1 saturated heterocycles. The summed E-state index contributed by atoms with van der Waals surface area (Å²) in [6, 6.07) is 7.31. The van der Waals surface area contributed by atoms with Crippen LogP contribution >= 0.6 is 0 Å². The van der Waals surface area contributed by atoms with E-state index in [2.05, 4.69) is 9.97 Å². The maximum atomic E-state index is 12.6. The van der Waals surface area contributed by atoms with Crippen molar-refractivity contribution in [3.8, 4) is 17.4 Å². The Hall–Kier alpha value is -2.67. The number of amides is 1. The second kappa shape index (κ2) is 7.92. The van der Waals surface area contributed by atoms with Crippen molar-refractivity contribution < 1.29 is 14.3 Å². The van der Waals surface area contributed by atoms with Crippen molar-refractivity contribution in [3.63, 3.8) is 0 Å². The van der Waals surface area contributed by atoms with E-state index in [0.29, 0.717) is 24.7 Å². The lowest BCUT2D eigenvalue weighted by atomic mass is 9.93. The van der Waals surface area contributed by atoms with Crippen molar-refractivity contribution in [1.29, 1.82) is 0 Å². The summed E-state index contributed by atoms with van der Waals surface area (Å²) in [5.41, 5.74) is 5.88. The molecule has 7 heteroatoms. The number of hydrogen-bond donors (Lipinski definition) is 1. The van der Waals surface area contributed by atoms with E-state index in [9.17, 15) is 4.79 Å². The molecule has 1 atom stereocenters. The van der Waals surface area contributed by atoms with Gasteiger partial charge in [-0.15, -0.1) is 0 Å². The van der Waals surface area contributed by atoms with Gasteiger partial charge in [0.1, 0.15) is 17.2 Å². The molecule has 2 N–H and O–H groups in total. The van der Waals surface area contributed by atoms with Gasteiger partial charge in [-0.3, -0.25) is 9.78 Å². The van der Waals surface area contributed by atoms with Crippen molar-refractivity contribution >= 4 is 5.91 Å². The van der Waals surface area contributed by atoms with Crippen LogP contribution in [0.2, 0.25) is 0 Å². The van der Waals surface area contributed by atoms with Crippen molar-refractivity contribution in [2.75, 3.05) is 20.2 Å². The number of nitrogens with two attached hydrogens (primary N) is 1. The fourth-order valence-corrected chi connectivity index (χ4v) is 3.24. The minimum Gasteiger partial charge on any atom is -0.497 e. The average molecular weight is 370 g/mol. The standard InChI is InChI=1S/C20H26N4O3/c1-20(2,21)19(25)24-12-4-5-14(13-24)17-18(23-11-10-22-17)27-16-8-6-15(26-3)7-9-16/h6-11,14H,4-5,12-13,21H2,1-3H3/t14-/m1/s1. The lowest BCUT2D eigenvalue weighted by Gasteiger charge is -2.36. The Labute approximate surface area is 159 Å². The summed E-state index contributed by atoms with van der Waals surface area (Å²) in [5.74, 6) is 1.90. The Balaban J connectivity index is 1.79. The zero-order valence-corrected chi connectivity index (χ0v) is 16.0. The molecule has 0 radical (unpaired) electrons. The molecule has 2 heterocycles. The smallest absolute Gasteiger partial charge is 0.242 e. The van der Waals surface area contributed by atoms with Crippen LogP contribution in [0, 0.1) is 0 Å². The molecule has 1 fully saturated rings. The molecule has 0 bridgehead atoms. The molecular weight excluding hydrogens is 344 g/mol. The fraction of sp³-hybridized carbons (Fsp3) is 0.450. The first-order chi connectivity index (χ1) is 12.9. The summed E-state index contributed by atoms with van der Waals surface area (Å²) in [7, 11) is 1.62. The molecule has 1 aromatic carbocycles. The van der Waals surface area contributed by atoms with Gasteiger partial charge in [0.2, 0.25) is 11.8 Å². The molecule has 0 saturated carbocycles. The van der Waals surface area contributed by atoms with Crippen LogP contribution in [0.4, 0.5) is 0 Å². The Bertz CT molecular complexity index is 787. The first kappa shape index (κ1) is 19.1. The number of piperidine rings is 1. The van der Waals surface area contributed by atoms with Crippen LogP contribution < -0.4 is 15.2 Å². The number of carbonyl (C=O) groups is 1. The third-order valence-corrected chi connectivity index (χ3v) is 4.61. The van der Waals surface area contributed by atoms with E-state index >= 15 is 0 Å². The summed E-state index contributed by atoms with van der Waals surface area (Å²) in [5, 5.41) is 0. The Morgan fingerprint density at radius 1 is 1.19 bits per heavy atom. The Kier molecular flexibility index (Phi) is 5.60. The van der Waals surface area contributed by atoms with Crippen LogP contribution in [0.1, 0.15) is 38.3 Å². The highest BCUT2D eigenvalue weighted by molar-refractivity contribution is 5.85. The number of aromatic nitrogens is 2. The van der Waals surface area contributed by atoms with E-state index in [1.54, 1.807) is 33.4 Å². The third kappa shape index (κ3) is 4.54. The minimum atomic E-state index is -0.882. The van der Waals surface area contributed by atoms with E-state index in [1.165, 1.54) is 0 Å². The van der Waals surface area contributed by atoms with Crippen molar-refractivity contribution in [3.05, 3.63) is 42.4 Å². The second-order valence-corrected chi connectivity index (χ2v) is 7.34. The fourth-order valence-electron chi connectivity index (χ4n) is 3.24. The molecule has 1 aliphatic heterocycles. The van der Waals surface area contributed by atoms with Gasteiger partial charge in [-0.1, -0.05) is 0 Å². The molecule has 1 aromatic heterocycles. The summed E-state index contributed by atoms with van der Waals surface area (Å²) in [6.07, 6.45) is 5.08. The molecule has 7 nitrogen and oxygen atoms in total. The number of methoxy groups -OCH3 is 1. The van der Waals surface area contributed by atoms with E-state index in [0.717, 1.165) is 24.3 Å². The minimum absolute atomic E-state index is 0.0475. The van der Waals surface area contributed by atoms with Crippen molar-refractivity contribution in [2.24, 2.45) is 5.73 Å². The summed E-state index contributed by atoms with van der Waals surface area (Å²) in [4.78, 5) is 23.2. The molecule has 1 amide bonds. The largest absolute Gasteiger partial charge is 0.497 e.